The fourth-order valence-electron chi connectivity index (χ4n) is 3.14. The third kappa shape index (κ3) is 4.90. The second-order valence-electron chi connectivity index (χ2n) is 6.44. The van der Waals surface area contributed by atoms with Crippen LogP contribution < -0.4 is 4.72 Å². The predicted octanol–water partition coefficient (Wildman–Crippen LogP) is 1.45. The summed E-state index contributed by atoms with van der Waals surface area (Å²) in [6, 6.07) is 10.4. The zero-order chi connectivity index (χ0) is 17.0. The van der Waals surface area contributed by atoms with Gasteiger partial charge >= 0.3 is 0 Å². The first-order valence-electron chi connectivity index (χ1n) is 8.22. The first-order chi connectivity index (χ1) is 11.5. The highest BCUT2D eigenvalue weighted by Gasteiger charge is 2.22. The van der Waals surface area contributed by atoms with Crippen LogP contribution in [0.2, 0.25) is 0 Å². The number of hydrogen-bond acceptors (Lipinski definition) is 4. The smallest absolute Gasteiger partial charge is 0.208 e. The molecule has 1 saturated heterocycles. The van der Waals surface area contributed by atoms with E-state index >= 15 is 0 Å². The Morgan fingerprint density at radius 2 is 1.88 bits per heavy atom. The van der Waals surface area contributed by atoms with Gasteiger partial charge in [0.2, 0.25) is 10.0 Å². The van der Waals surface area contributed by atoms with E-state index in [0.717, 1.165) is 39.0 Å². The summed E-state index contributed by atoms with van der Waals surface area (Å²) in [5.41, 5.74) is 2.45. The number of piperidine rings is 1. The maximum atomic E-state index is 11.3. The average Bonchev–Trinajstić information content (AvgIpc) is 2.96. The van der Waals surface area contributed by atoms with Gasteiger partial charge in [-0.1, -0.05) is 30.3 Å². The van der Waals surface area contributed by atoms with Crippen molar-refractivity contribution in [3.63, 3.8) is 0 Å². The number of nitrogens with zero attached hydrogens (tertiary/aromatic N) is 3. The molecule has 0 spiro atoms. The topological polar surface area (TPSA) is 67.2 Å². The van der Waals surface area contributed by atoms with Crippen molar-refractivity contribution < 1.29 is 8.42 Å². The minimum absolute atomic E-state index is 0.0606. The standard InChI is InChI=1S/C17H24N4O2S/c1-24(22,23)19-16-7-9-20(10-8-16)13-17-11-18-14-21(17)12-15-5-3-2-4-6-15/h2-6,11,14,16,19H,7-10,12-13H2,1H3. The van der Waals surface area contributed by atoms with Gasteiger partial charge in [0.1, 0.15) is 0 Å². The normalized spacial score (nSPS) is 17.2. The molecule has 7 heteroatoms. The Morgan fingerprint density at radius 3 is 2.54 bits per heavy atom. The zero-order valence-electron chi connectivity index (χ0n) is 13.9. The van der Waals surface area contributed by atoms with Crippen LogP contribution in [0.5, 0.6) is 0 Å². The average molecular weight is 348 g/mol. The molecule has 1 fully saturated rings. The summed E-state index contributed by atoms with van der Waals surface area (Å²) in [6.07, 6.45) is 6.71. The zero-order valence-corrected chi connectivity index (χ0v) is 14.7. The third-order valence-corrected chi connectivity index (χ3v) is 5.11. The molecule has 2 heterocycles. The summed E-state index contributed by atoms with van der Waals surface area (Å²) >= 11 is 0. The molecule has 1 aromatic heterocycles. The molecule has 0 saturated carbocycles. The number of aromatic nitrogens is 2. The summed E-state index contributed by atoms with van der Waals surface area (Å²) in [6.45, 7) is 3.45. The molecule has 0 aliphatic carbocycles. The lowest BCUT2D eigenvalue weighted by Crippen LogP contribution is -2.44. The van der Waals surface area contributed by atoms with Crippen LogP contribution in [-0.4, -0.2) is 48.3 Å². The second-order valence-corrected chi connectivity index (χ2v) is 8.22. The Morgan fingerprint density at radius 1 is 1.17 bits per heavy atom. The van der Waals surface area contributed by atoms with E-state index in [-0.39, 0.29) is 6.04 Å². The van der Waals surface area contributed by atoms with Gasteiger partial charge in [-0.15, -0.1) is 0 Å². The fourth-order valence-corrected chi connectivity index (χ4v) is 3.98. The molecule has 0 unspecified atom stereocenters. The van der Waals surface area contributed by atoms with E-state index in [4.69, 9.17) is 0 Å². The largest absolute Gasteiger partial charge is 0.329 e. The highest BCUT2D eigenvalue weighted by atomic mass is 32.2. The maximum Gasteiger partial charge on any atom is 0.208 e. The predicted molar refractivity (Wildman–Crippen MR) is 94.0 cm³/mol. The highest BCUT2D eigenvalue weighted by Crippen LogP contribution is 2.15. The van der Waals surface area contributed by atoms with Crippen molar-refractivity contribution in [2.75, 3.05) is 19.3 Å². The van der Waals surface area contributed by atoms with Crippen molar-refractivity contribution in [3.8, 4) is 0 Å². The molecule has 0 radical (unpaired) electrons. The lowest BCUT2D eigenvalue weighted by molar-refractivity contribution is 0.196. The molecule has 3 rings (SSSR count). The van der Waals surface area contributed by atoms with E-state index < -0.39 is 10.0 Å². The molecule has 0 bridgehead atoms. The summed E-state index contributed by atoms with van der Waals surface area (Å²) in [4.78, 5) is 6.65. The quantitative estimate of drug-likeness (QED) is 0.858. The van der Waals surface area contributed by atoms with Gasteiger partial charge in [0, 0.05) is 38.4 Å². The van der Waals surface area contributed by atoms with Crippen LogP contribution in [-0.2, 0) is 23.1 Å². The van der Waals surface area contributed by atoms with Crippen molar-refractivity contribution in [2.45, 2.75) is 32.0 Å². The van der Waals surface area contributed by atoms with E-state index in [1.165, 1.54) is 17.5 Å². The molecular weight excluding hydrogens is 324 g/mol. The number of likely N-dealkylation sites (tertiary alicyclic amines) is 1. The van der Waals surface area contributed by atoms with Gasteiger partial charge in [-0.25, -0.2) is 18.1 Å². The SMILES string of the molecule is CS(=O)(=O)NC1CCN(Cc2cncn2Cc2ccccc2)CC1. The lowest BCUT2D eigenvalue weighted by Gasteiger charge is -2.32. The van der Waals surface area contributed by atoms with Crippen molar-refractivity contribution >= 4 is 10.0 Å². The van der Waals surface area contributed by atoms with Gasteiger partial charge in [-0.05, 0) is 18.4 Å². The Hall–Kier alpha value is -1.70. The first-order valence-corrected chi connectivity index (χ1v) is 10.1. The third-order valence-electron chi connectivity index (χ3n) is 4.35. The first kappa shape index (κ1) is 17.1. The summed E-state index contributed by atoms with van der Waals surface area (Å²) in [7, 11) is -3.12. The van der Waals surface area contributed by atoms with Crippen LogP contribution >= 0.6 is 0 Å². The molecule has 24 heavy (non-hydrogen) atoms. The summed E-state index contributed by atoms with van der Waals surface area (Å²) in [5, 5.41) is 0. The molecule has 6 nitrogen and oxygen atoms in total. The van der Waals surface area contributed by atoms with E-state index in [1.807, 2.05) is 30.7 Å². The van der Waals surface area contributed by atoms with Crippen molar-refractivity contribution in [1.29, 1.82) is 0 Å². The summed E-state index contributed by atoms with van der Waals surface area (Å²) < 4.78 is 27.5. The van der Waals surface area contributed by atoms with Crippen molar-refractivity contribution in [2.24, 2.45) is 0 Å². The Balaban J connectivity index is 1.55. The maximum absolute atomic E-state index is 11.3. The van der Waals surface area contributed by atoms with Gasteiger partial charge in [0.15, 0.2) is 0 Å². The molecule has 1 aliphatic rings. The Kier molecular flexibility index (Phi) is 5.33. The molecule has 0 amide bonds. The van der Waals surface area contributed by atoms with Crippen molar-refractivity contribution in [3.05, 3.63) is 54.1 Å². The van der Waals surface area contributed by atoms with E-state index in [9.17, 15) is 8.42 Å². The van der Waals surface area contributed by atoms with Crippen LogP contribution in [0.3, 0.4) is 0 Å². The van der Waals surface area contributed by atoms with E-state index in [1.54, 1.807) is 0 Å². The van der Waals surface area contributed by atoms with Crippen LogP contribution in [0, 0.1) is 0 Å². The minimum Gasteiger partial charge on any atom is -0.329 e. The number of hydrogen-bond donors (Lipinski definition) is 1. The van der Waals surface area contributed by atoms with Crippen LogP contribution in [0.25, 0.3) is 0 Å². The van der Waals surface area contributed by atoms with E-state index in [2.05, 4.69) is 31.3 Å². The number of sulfonamides is 1. The Labute approximate surface area is 143 Å². The second kappa shape index (κ2) is 7.46. The molecule has 1 aromatic carbocycles. The van der Waals surface area contributed by atoms with Crippen molar-refractivity contribution in [1.82, 2.24) is 19.2 Å². The molecular formula is C17H24N4O2S. The minimum atomic E-state index is -3.12. The van der Waals surface area contributed by atoms with Crippen LogP contribution in [0.1, 0.15) is 24.1 Å². The molecule has 130 valence electrons. The van der Waals surface area contributed by atoms with Gasteiger partial charge in [-0.3, -0.25) is 4.90 Å². The van der Waals surface area contributed by atoms with Gasteiger partial charge in [-0.2, -0.15) is 0 Å². The fraction of sp³-hybridized carbons (Fsp3) is 0.471. The number of nitrogens with one attached hydrogen (secondary N) is 1. The number of rotatable bonds is 6. The molecule has 0 atom stereocenters. The summed E-state index contributed by atoms with van der Waals surface area (Å²) in [5.74, 6) is 0. The van der Waals surface area contributed by atoms with Gasteiger partial charge in [0.05, 0.1) is 18.3 Å². The monoisotopic (exact) mass is 348 g/mol. The number of benzene rings is 1. The van der Waals surface area contributed by atoms with Crippen LogP contribution in [0.15, 0.2) is 42.9 Å². The lowest BCUT2D eigenvalue weighted by atomic mass is 10.1. The van der Waals surface area contributed by atoms with E-state index in [0.29, 0.717) is 0 Å². The molecule has 1 aliphatic heterocycles. The highest BCUT2D eigenvalue weighted by molar-refractivity contribution is 7.88. The van der Waals surface area contributed by atoms with Crippen LogP contribution in [0.4, 0.5) is 0 Å². The molecule has 2 aromatic rings. The van der Waals surface area contributed by atoms with Gasteiger partial charge in [0.25, 0.3) is 0 Å². The Bertz CT molecular complexity index is 750. The number of imidazole rings is 1. The van der Waals surface area contributed by atoms with Gasteiger partial charge < -0.3 is 4.57 Å². The molecule has 1 N–H and O–H groups in total.